The van der Waals surface area contributed by atoms with Crippen molar-refractivity contribution in [1.29, 1.82) is 0 Å². The van der Waals surface area contributed by atoms with Gasteiger partial charge in [0.25, 0.3) is 0 Å². The van der Waals surface area contributed by atoms with Crippen LogP contribution in [0.25, 0.3) is 106 Å². The molecule has 13 aromatic rings. The molecule has 0 amide bonds. The van der Waals surface area contributed by atoms with Gasteiger partial charge in [0.1, 0.15) is 0 Å². The normalized spacial score (nSPS) is 11.2. The molecule has 0 unspecified atom stereocenters. The second kappa shape index (κ2) is 19.3. The molecule has 0 N–H and O–H groups in total. The van der Waals surface area contributed by atoms with E-state index in [0.29, 0.717) is 17.5 Å². The molecule has 0 fully saturated rings. The van der Waals surface area contributed by atoms with Crippen LogP contribution in [0.1, 0.15) is 0 Å². The summed E-state index contributed by atoms with van der Waals surface area (Å²) < 4.78 is 2.39. The third-order valence-electron chi connectivity index (χ3n) is 13.8. The van der Waals surface area contributed by atoms with Crippen molar-refractivity contribution in [1.82, 2.24) is 19.5 Å². The van der Waals surface area contributed by atoms with Gasteiger partial charge in [-0.25, -0.2) is 15.0 Å². The second-order valence-electron chi connectivity index (χ2n) is 18.4. The van der Waals surface area contributed by atoms with Gasteiger partial charge in [0.2, 0.25) is 0 Å². The Bertz CT molecular complexity index is 3970. The highest BCUT2D eigenvalue weighted by Gasteiger charge is 2.28. The molecule has 0 bridgehead atoms. The van der Waals surface area contributed by atoms with Crippen molar-refractivity contribution in [3.05, 3.63) is 285 Å². The maximum absolute atomic E-state index is 5.50. The molecule has 5 heteroatoms. The zero-order valence-electron chi connectivity index (χ0n) is 40.4. The average Bonchev–Trinajstić information content (AvgIpc) is 3.84. The number of para-hydroxylation sites is 3. The van der Waals surface area contributed by atoms with E-state index in [4.69, 9.17) is 15.0 Å². The van der Waals surface area contributed by atoms with Crippen LogP contribution >= 0.6 is 0 Å². The molecule has 2 aromatic heterocycles. The van der Waals surface area contributed by atoms with Crippen molar-refractivity contribution in [3.8, 4) is 84.4 Å². The summed E-state index contributed by atoms with van der Waals surface area (Å²) in [5.74, 6) is 1.75. The van der Waals surface area contributed by atoms with E-state index in [0.717, 1.165) is 100 Å². The first-order chi connectivity index (χ1) is 36.7. The highest BCUT2D eigenvalue weighted by Crippen LogP contribution is 2.51. The topological polar surface area (TPSA) is 46.8 Å². The number of benzene rings is 11. The SMILES string of the molecule is c1ccc(-c2cc(-c3ccccc3)cc(-c3nc(-c4ccccc4)nc(-c4cc(-c5ccccc5)c(N(c5ccccc5)c5cccc6c5c5ccccc5n6-c5ccccc5)c(-c5ccccc5)c4)n3)c2)cc1. The highest BCUT2D eigenvalue weighted by atomic mass is 15.2. The summed E-state index contributed by atoms with van der Waals surface area (Å²) in [6.45, 7) is 0. The third kappa shape index (κ3) is 8.28. The summed E-state index contributed by atoms with van der Waals surface area (Å²) in [6.07, 6.45) is 0. The summed E-state index contributed by atoms with van der Waals surface area (Å²) >= 11 is 0. The smallest absolute Gasteiger partial charge is 0.164 e. The lowest BCUT2D eigenvalue weighted by atomic mass is 9.91. The molecule has 0 saturated carbocycles. The van der Waals surface area contributed by atoms with Crippen molar-refractivity contribution in [3.63, 3.8) is 0 Å². The van der Waals surface area contributed by atoms with Crippen LogP contribution in [0.2, 0.25) is 0 Å². The monoisotopic (exact) mass is 945 g/mol. The van der Waals surface area contributed by atoms with Gasteiger partial charge in [-0.15, -0.1) is 0 Å². The first-order valence-corrected chi connectivity index (χ1v) is 25.0. The van der Waals surface area contributed by atoms with E-state index in [2.05, 4.69) is 276 Å². The van der Waals surface area contributed by atoms with Crippen LogP contribution in [0, 0.1) is 0 Å². The number of hydrogen-bond acceptors (Lipinski definition) is 4. The van der Waals surface area contributed by atoms with E-state index in [-0.39, 0.29) is 0 Å². The Morgan fingerprint density at radius 1 is 0.284 bits per heavy atom. The second-order valence-corrected chi connectivity index (χ2v) is 18.4. The first kappa shape index (κ1) is 44.0. The van der Waals surface area contributed by atoms with E-state index >= 15 is 0 Å². The molecule has 0 aliphatic rings. The third-order valence-corrected chi connectivity index (χ3v) is 13.8. The van der Waals surface area contributed by atoms with Crippen molar-refractivity contribution in [2.24, 2.45) is 0 Å². The van der Waals surface area contributed by atoms with Crippen molar-refractivity contribution in [2.45, 2.75) is 0 Å². The summed E-state index contributed by atoms with van der Waals surface area (Å²) in [4.78, 5) is 18.7. The van der Waals surface area contributed by atoms with Gasteiger partial charge in [-0.2, -0.15) is 0 Å². The zero-order valence-corrected chi connectivity index (χ0v) is 40.4. The Morgan fingerprint density at radius 2 is 0.676 bits per heavy atom. The Kier molecular flexibility index (Phi) is 11.5. The fourth-order valence-electron chi connectivity index (χ4n) is 10.4. The molecule has 5 nitrogen and oxygen atoms in total. The molecule has 0 aliphatic carbocycles. The molecule has 0 aliphatic heterocycles. The lowest BCUT2D eigenvalue weighted by molar-refractivity contribution is 1.07. The molecule has 348 valence electrons. The molecule has 0 spiro atoms. The van der Waals surface area contributed by atoms with Gasteiger partial charge in [-0.05, 0) is 106 Å². The Hall–Kier alpha value is -9.97. The van der Waals surface area contributed by atoms with Gasteiger partial charge in [0.05, 0.1) is 22.4 Å². The van der Waals surface area contributed by atoms with E-state index in [1.165, 1.54) is 5.39 Å². The first-order valence-electron chi connectivity index (χ1n) is 25.0. The molecule has 11 aromatic carbocycles. The molecule has 0 saturated heterocycles. The number of anilines is 3. The van der Waals surface area contributed by atoms with Crippen molar-refractivity contribution in [2.75, 3.05) is 4.90 Å². The van der Waals surface area contributed by atoms with Crippen LogP contribution in [0.4, 0.5) is 17.1 Å². The predicted octanol–water partition coefficient (Wildman–Crippen LogP) is 18.1. The largest absolute Gasteiger partial charge is 0.309 e. The minimum Gasteiger partial charge on any atom is -0.309 e. The lowest BCUT2D eigenvalue weighted by Gasteiger charge is -2.31. The highest BCUT2D eigenvalue weighted by molar-refractivity contribution is 6.17. The summed E-state index contributed by atoms with van der Waals surface area (Å²) in [7, 11) is 0. The Morgan fingerprint density at radius 3 is 1.20 bits per heavy atom. The minimum atomic E-state index is 0.570. The molecular weight excluding hydrogens is 899 g/mol. The van der Waals surface area contributed by atoms with E-state index in [1.807, 2.05) is 18.2 Å². The van der Waals surface area contributed by atoms with Crippen LogP contribution in [-0.2, 0) is 0 Å². The zero-order chi connectivity index (χ0) is 49.2. The van der Waals surface area contributed by atoms with Crippen LogP contribution in [-0.4, -0.2) is 19.5 Å². The van der Waals surface area contributed by atoms with Crippen LogP contribution in [0.3, 0.4) is 0 Å². The fraction of sp³-hybridized carbons (Fsp3) is 0. The van der Waals surface area contributed by atoms with Crippen molar-refractivity contribution < 1.29 is 0 Å². The standard InChI is InChI=1S/C69H47N5/c1-8-25-48(26-9-1)53-43-54(49-27-10-2-11-28-49)45-55(44-53)68-70-67(52-33-16-5-17-34-52)71-69(72-68)56-46-60(50-29-12-3-13-30-50)66(61(47-56)51-31-14-4-15-32-51)74(58-37-20-7-21-38-58)64-42-24-41-63-65(64)59-39-22-23-40-62(59)73(63)57-35-18-6-19-36-57/h1-47H. The predicted molar refractivity (Wildman–Crippen MR) is 307 cm³/mol. The maximum atomic E-state index is 5.50. The van der Waals surface area contributed by atoms with Gasteiger partial charge in [-0.1, -0.05) is 212 Å². The number of fused-ring (bicyclic) bond motifs is 3. The summed E-state index contributed by atoms with van der Waals surface area (Å²) in [5.41, 5.74) is 17.7. The Balaban J connectivity index is 1.11. The number of rotatable bonds is 11. The quantitative estimate of drug-likeness (QED) is 0.130. The molecule has 0 atom stereocenters. The molecule has 74 heavy (non-hydrogen) atoms. The minimum absolute atomic E-state index is 0.570. The molecule has 0 radical (unpaired) electrons. The molecular formula is C69H47N5. The summed E-state index contributed by atoms with van der Waals surface area (Å²) in [5, 5.41) is 2.32. The lowest BCUT2D eigenvalue weighted by Crippen LogP contribution is -2.13. The summed E-state index contributed by atoms with van der Waals surface area (Å²) in [6, 6.07) is 101. The van der Waals surface area contributed by atoms with Gasteiger partial charge in [0.15, 0.2) is 17.5 Å². The van der Waals surface area contributed by atoms with Gasteiger partial charge in [0, 0.05) is 50.0 Å². The van der Waals surface area contributed by atoms with Crippen LogP contribution in [0.5, 0.6) is 0 Å². The average molecular weight is 946 g/mol. The Labute approximate surface area is 430 Å². The number of nitrogens with zero attached hydrogens (tertiary/aromatic N) is 5. The van der Waals surface area contributed by atoms with Gasteiger partial charge >= 0.3 is 0 Å². The van der Waals surface area contributed by atoms with Crippen LogP contribution in [0.15, 0.2) is 285 Å². The van der Waals surface area contributed by atoms with Gasteiger partial charge < -0.3 is 9.47 Å². The number of hydrogen-bond donors (Lipinski definition) is 0. The van der Waals surface area contributed by atoms with Gasteiger partial charge in [-0.3, -0.25) is 0 Å². The van der Waals surface area contributed by atoms with Crippen LogP contribution < -0.4 is 4.90 Å². The van der Waals surface area contributed by atoms with E-state index < -0.39 is 0 Å². The maximum Gasteiger partial charge on any atom is 0.164 e. The van der Waals surface area contributed by atoms with E-state index in [9.17, 15) is 0 Å². The fourth-order valence-corrected chi connectivity index (χ4v) is 10.4. The number of aromatic nitrogens is 4. The van der Waals surface area contributed by atoms with E-state index in [1.54, 1.807) is 0 Å². The molecule has 2 heterocycles. The molecule has 13 rings (SSSR count). The van der Waals surface area contributed by atoms with Crippen molar-refractivity contribution >= 4 is 38.9 Å².